The maximum Gasteiger partial charge on any atom is -0.00433 e. The monoisotopic (exact) mass is 302 g/mol. The Labute approximate surface area is 136 Å². The lowest BCUT2D eigenvalue weighted by atomic mass is 9.80. The fraction of sp³-hybridized carbons (Fsp3) is 0.800. The van der Waals surface area contributed by atoms with Crippen LogP contribution in [0.2, 0.25) is 0 Å². The molecule has 0 amide bonds. The molecule has 2 aliphatic heterocycles. The number of nitrogens with one attached hydrogen (secondary N) is 2. The third kappa shape index (κ3) is 5.24. The molecule has 0 aromatic heterocycles. The first-order chi connectivity index (χ1) is 10.9. The minimum atomic E-state index is 0.846. The van der Waals surface area contributed by atoms with Crippen LogP contribution < -0.4 is 10.6 Å². The number of rotatable bonds is 4. The van der Waals surface area contributed by atoms with E-state index in [9.17, 15) is 0 Å². The van der Waals surface area contributed by atoms with Gasteiger partial charge in [0, 0.05) is 0 Å². The van der Waals surface area contributed by atoms with E-state index in [-0.39, 0.29) is 0 Å². The quantitative estimate of drug-likeness (QED) is 0.770. The smallest absolute Gasteiger partial charge is 0.00433 e. The molecule has 0 bridgehead atoms. The summed E-state index contributed by atoms with van der Waals surface area (Å²) in [6.45, 7) is 4.85. The predicted molar refractivity (Wildman–Crippen MR) is 94.9 cm³/mol. The zero-order valence-electron chi connectivity index (χ0n) is 14.1. The van der Waals surface area contributed by atoms with Crippen LogP contribution in [0.15, 0.2) is 24.3 Å². The van der Waals surface area contributed by atoms with E-state index < -0.39 is 0 Å². The molecule has 0 unspecified atom stereocenters. The molecule has 1 saturated carbocycles. The summed E-state index contributed by atoms with van der Waals surface area (Å²) in [6.07, 6.45) is 21.2. The minimum Gasteiger partial charge on any atom is -0.317 e. The van der Waals surface area contributed by atoms with Gasteiger partial charge in [-0.2, -0.15) is 0 Å². The molecule has 2 nitrogen and oxygen atoms in total. The molecule has 0 aromatic carbocycles. The number of allylic oxidation sites excluding steroid dienone is 4. The molecule has 1 aliphatic carbocycles. The van der Waals surface area contributed by atoms with E-state index in [1.807, 2.05) is 0 Å². The molecule has 22 heavy (non-hydrogen) atoms. The van der Waals surface area contributed by atoms with E-state index in [4.69, 9.17) is 0 Å². The van der Waals surface area contributed by atoms with Gasteiger partial charge in [-0.05, 0) is 101 Å². The summed E-state index contributed by atoms with van der Waals surface area (Å²) in [4.78, 5) is 0. The minimum absolute atomic E-state index is 0.846. The SMILES string of the molecule is C(=C\C1CCC(/C=C/C2CCNCC2)CC1)/C1CCNCC1. The van der Waals surface area contributed by atoms with Gasteiger partial charge in [-0.15, -0.1) is 0 Å². The zero-order valence-corrected chi connectivity index (χ0v) is 14.1. The van der Waals surface area contributed by atoms with Gasteiger partial charge in [-0.1, -0.05) is 24.3 Å². The van der Waals surface area contributed by atoms with Crippen molar-refractivity contribution in [3.8, 4) is 0 Å². The average molecular weight is 303 g/mol. The number of hydrogen-bond donors (Lipinski definition) is 2. The van der Waals surface area contributed by atoms with Gasteiger partial charge < -0.3 is 10.6 Å². The summed E-state index contributed by atoms with van der Waals surface area (Å²) in [6, 6.07) is 0. The van der Waals surface area contributed by atoms with Crippen LogP contribution in [-0.4, -0.2) is 26.2 Å². The standard InChI is InChI=1S/C20H34N2/c1-2-18(6-8-20-11-15-22-16-12-20)4-3-17(1)5-7-19-9-13-21-14-10-19/h5-8,17-22H,1-4,9-16H2/b7-5+,8-6+. The van der Waals surface area contributed by atoms with Crippen molar-refractivity contribution in [3.05, 3.63) is 24.3 Å². The van der Waals surface area contributed by atoms with Crippen molar-refractivity contribution in [1.82, 2.24) is 10.6 Å². The molecule has 0 radical (unpaired) electrons. The highest BCUT2D eigenvalue weighted by Gasteiger charge is 2.19. The summed E-state index contributed by atoms with van der Waals surface area (Å²) >= 11 is 0. The Morgan fingerprint density at radius 1 is 0.409 bits per heavy atom. The first kappa shape index (κ1) is 16.3. The molecule has 2 saturated heterocycles. The molecular weight excluding hydrogens is 268 g/mol. The van der Waals surface area contributed by atoms with Crippen LogP contribution in [-0.2, 0) is 0 Å². The van der Waals surface area contributed by atoms with Gasteiger partial charge in [0.2, 0.25) is 0 Å². The Kier molecular flexibility index (Phi) is 6.57. The van der Waals surface area contributed by atoms with Crippen LogP contribution in [0.4, 0.5) is 0 Å². The molecule has 0 aromatic rings. The lowest BCUT2D eigenvalue weighted by Crippen LogP contribution is -2.27. The highest BCUT2D eigenvalue weighted by molar-refractivity contribution is 5.00. The normalized spacial score (nSPS) is 32.9. The first-order valence-corrected chi connectivity index (χ1v) is 9.68. The second-order valence-corrected chi connectivity index (χ2v) is 7.62. The first-order valence-electron chi connectivity index (χ1n) is 9.68. The van der Waals surface area contributed by atoms with Gasteiger partial charge >= 0.3 is 0 Å². The van der Waals surface area contributed by atoms with Gasteiger partial charge in [-0.3, -0.25) is 0 Å². The van der Waals surface area contributed by atoms with Crippen LogP contribution in [0.3, 0.4) is 0 Å². The van der Waals surface area contributed by atoms with E-state index in [2.05, 4.69) is 34.9 Å². The van der Waals surface area contributed by atoms with E-state index in [0.29, 0.717) is 0 Å². The Hall–Kier alpha value is -0.600. The summed E-state index contributed by atoms with van der Waals surface area (Å²) < 4.78 is 0. The summed E-state index contributed by atoms with van der Waals surface area (Å²) in [7, 11) is 0. The summed E-state index contributed by atoms with van der Waals surface area (Å²) in [5.41, 5.74) is 0. The lowest BCUT2D eigenvalue weighted by molar-refractivity contribution is 0.350. The Morgan fingerprint density at radius 2 is 0.682 bits per heavy atom. The van der Waals surface area contributed by atoms with Crippen LogP contribution in [0.25, 0.3) is 0 Å². The molecule has 2 heteroatoms. The molecule has 3 aliphatic rings. The second kappa shape index (κ2) is 8.88. The molecular formula is C20H34N2. The summed E-state index contributed by atoms with van der Waals surface area (Å²) in [5.74, 6) is 3.41. The van der Waals surface area contributed by atoms with E-state index in [1.165, 1.54) is 77.5 Å². The van der Waals surface area contributed by atoms with E-state index >= 15 is 0 Å². The lowest BCUT2D eigenvalue weighted by Gasteiger charge is -2.26. The maximum atomic E-state index is 3.45. The largest absolute Gasteiger partial charge is 0.317 e. The molecule has 0 atom stereocenters. The molecule has 3 rings (SSSR count). The van der Waals surface area contributed by atoms with Crippen LogP contribution in [0, 0.1) is 23.7 Å². The summed E-state index contributed by atoms with van der Waals surface area (Å²) in [5, 5.41) is 6.91. The van der Waals surface area contributed by atoms with Crippen LogP contribution >= 0.6 is 0 Å². The highest BCUT2D eigenvalue weighted by atomic mass is 14.9. The zero-order chi connectivity index (χ0) is 15.0. The maximum absolute atomic E-state index is 3.45. The Morgan fingerprint density at radius 3 is 1.00 bits per heavy atom. The Balaban J connectivity index is 1.36. The third-order valence-corrected chi connectivity index (χ3v) is 5.90. The van der Waals surface area contributed by atoms with Crippen molar-refractivity contribution < 1.29 is 0 Å². The van der Waals surface area contributed by atoms with Crippen molar-refractivity contribution in [2.75, 3.05) is 26.2 Å². The predicted octanol–water partition coefficient (Wildman–Crippen LogP) is 3.90. The fourth-order valence-corrected chi connectivity index (χ4v) is 4.23. The van der Waals surface area contributed by atoms with Crippen molar-refractivity contribution in [1.29, 1.82) is 0 Å². The van der Waals surface area contributed by atoms with E-state index in [0.717, 1.165) is 23.7 Å². The molecule has 3 fully saturated rings. The van der Waals surface area contributed by atoms with Crippen molar-refractivity contribution >= 4 is 0 Å². The van der Waals surface area contributed by atoms with Crippen molar-refractivity contribution in [2.24, 2.45) is 23.7 Å². The molecule has 2 N–H and O–H groups in total. The topological polar surface area (TPSA) is 24.1 Å². The molecule has 0 spiro atoms. The third-order valence-electron chi connectivity index (χ3n) is 5.90. The van der Waals surface area contributed by atoms with Gasteiger partial charge in [0.15, 0.2) is 0 Å². The van der Waals surface area contributed by atoms with Gasteiger partial charge in [-0.25, -0.2) is 0 Å². The number of hydrogen-bond acceptors (Lipinski definition) is 2. The number of piperidine rings is 2. The van der Waals surface area contributed by atoms with Gasteiger partial charge in [0.25, 0.3) is 0 Å². The van der Waals surface area contributed by atoms with Crippen molar-refractivity contribution in [3.63, 3.8) is 0 Å². The van der Waals surface area contributed by atoms with Crippen molar-refractivity contribution in [2.45, 2.75) is 51.4 Å². The van der Waals surface area contributed by atoms with Crippen LogP contribution in [0.1, 0.15) is 51.4 Å². The van der Waals surface area contributed by atoms with Gasteiger partial charge in [0.05, 0.1) is 0 Å². The van der Waals surface area contributed by atoms with Gasteiger partial charge in [0.1, 0.15) is 0 Å². The van der Waals surface area contributed by atoms with E-state index in [1.54, 1.807) is 0 Å². The second-order valence-electron chi connectivity index (χ2n) is 7.62. The average Bonchev–Trinajstić information content (AvgIpc) is 2.61. The van der Waals surface area contributed by atoms with Crippen LogP contribution in [0.5, 0.6) is 0 Å². The Bertz CT molecular complexity index is 318. The fourth-order valence-electron chi connectivity index (χ4n) is 4.23. The highest BCUT2D eigenvalue weighted by Crippen LogP contribution is 2.31. The molecule has 2 heterocycles. The molecule has 124 valence electrons.